The van der Waals surface area contributed by atoms with Gasteiger partial charge in [0.05, 0.1) is 5.41 Å². The van der Waals surface area contributed by atoms with Crippen LogP contribution in [0, 0.1) is 24.1 Å². The Balaban J connectivity index is 1.61. The molecule has 2 atom stereocenters. The minimum Gasteiger partial charge on any atom is -0.481 e. The molecular formula is C17H21FN2O3. The van der Waals surface area contributed by atoms with E-state index in [0.29, 0.717) is 25.1 Å². The number of hydrogen-bond acceptors (Lipinski definition) is 2. The quantitative estimate of drug-likeness (QED) is 0.899. The van der Waals surface area contributed by atoms with Crippen molar-refractivity contribution in [3.63, 3.8) is 0 Å². The highest BCUT2D eigenvalue weighted by molar-refractivity contribution is 5.80. The summed E-state index contributed by atoms with van der Waals surface area (Å²) in [5, 5.41) is 12.3. The number of nitrogens with one attached hydrogen (secondary N) is 1. The Kier molecular flexibility index (Phi) is 4.00. The van der Waals surface area contributed by atoms with Crippen LogP contribution in [0.5, 0.6) is 0 Å². The summed E-state index contributed by atoms with van der Waals surface area (Å²) in [7, 11) is 0. The van der Waals surface area contributed by atoms with Gasteiger partial charge in [0.2, 0.25) is 0 Å². The summed E-state index contributed by atoms with van der Waals surface area (Å²) in [6.07, 6.45) is 2.43. The van der Waals surface area contributed by atoms with E-state index in [0.717, 1.165) is 18.4 Å². The molecule has 3 rings (SSSR count). The van der Waals surface area contributed by atoms with Gasteiger partial charge in [0.15, 0.2) is 0 Å². The van der Waals surface area contributed by atoms with Crippen LogP contribution in [0.2, 0.25) is 0 Å². The van der Waals surface area contributed by atoms with Gasteiger partial charge in [-0.2, -0.15) is 0 Å². The molecule has 2 amide bonds. The first-order valence-corrected chi connectivity index (χ1v) is 7.93. The Hall–Kier alpha value is -2.11. The third-order valence-electron chi connectivity index (χ3n) is 5.25. The molecule has 1 aromatic rings. The van der Waals surface area contributed by atoms with Crippen molar-refractivity contribution < 1.29 is 19.1 Å². The summed E-state index contributed by atoms with van der Waals surface area (Å²) >= 11 is 0. The Morgan fingerprint density at radius 2 is 2.26 bits per heavy atom. The van der Waals surface area contributed by atoms with Crippen LogP contribution >= 0.6 is 0 Å². The lowest BCUT2D eigenvalue weighted by atomic mass is 9.81. The number of carboxylic acids is 1. The fourth-order valence-electron chi connectivity index (χ4n) is 3.90. The molecule has 1 aromatic carbocycles. The van der Waals surface area contributed by atoms with E-state index in [9.17, 15) is 19.1 Å². The summed E-state index contributed by atoms with van der Waals surface area (Å²) in [6.45, 7) is 2.77. The smallest absolute Gasteiger partial charge is 0.317 e. The number of fused-ring (bicyclic) bond motifs is 1. The number of benzene rings is 1. The number of aryl methyl sites for hydroxylation is 1. The van der Waals surface area contributed by atoms with E-state index in [-0.39, 0.29) is 24.3 Å². The number of hydrogen-bond donors (Lipinski definition) is 2. The molecule has 5 nitrogen and oxygen atoms in total. The average molecular weight is 320 g/mol. The Bertz CT molecular complexity index is 649. The fourth-order valence-corrected chi connectivity index (χ4v) is 3.90. The second kappa shape index (κ2) is 5.83. The molecule has 6 heteroatoms. The lowest BCUT2D eigenvalue weighted by molar-refractivity contribution is -0.149. The molecule has 1 saturated carbocycles. The Morgan fingerprint density at radius 3 is 2.91 bits per heavy atom. The zero-order valence-electron chi connectivity index (χ0n) is 13.1. The van der Waals surface area contributed by atoms with Crippen molar-refractivity contribution >= 4 is 12.0 Å². The second-order valence-corrected chi connectivity index (χ2v) is 6.67. The molecule has 0 bridgehead atoms. The van der Waals surface area contributed by atoms with Gasteiger partial charge in [-0.05, 0) is 42.9 Å². The third kappa shape index (κ3) is 2.78. The molecule has 23 heavy (non-hydrogen) atoms. The average Bonchev–Trinajstić information content (AvgIpc) is 3.06. The highest BCUT2D eigenvalue weighted by atomic mass is 19.1. The van der Waals surface area contributed by atoms with Crippen molar-refractivity contribution in [2.75, 3.05) is 13.1 Å². The highest BCUT2D eigenvalue weighted by Gasteiger charge is 2.55. The van der Waals surface area contributed by atoms with Crippen molar-refractivity contribution in [2.45, 2.75) is 32.7 Å². The standard InChI is InChI=1S/C17H21FN2O3/c1-11-7-12(4-5-14(11)18)8-19-16(23)20-9-13-3-2-6-17(13,10-20)15(21)22/h4-5,7,13H,2-3,6,8-10H2,1H3,(H,19,23)(H,21,22)/t13-,17+/m0/s1. The van der Waals surface area contributed by atoms with E-state index in [1.807, 2.05) is 0 Å². The zero-order valence-corrected chi connectivity index (χ0v) is 13.1. The minimum absolute atomic E-state index is 0.0545. The first-order valence-electron chi connectivity index (χ1n) is 7.93. The summed E-state index contributed by atoms with van der Waals surface area (Å²) < 4.78 is 13.2. The highest BCUT2D eigenvalue weighted by Crippen LogP contribution is 2.48. The number of rotatable bonds is 3. The van der Waals surface area contributed by atoms with Crippen molar-refractivity contribution in [3.05, 3.63) is 35.1 Å². The van der Waals surface area contributed by atoms with Crippen molar-refractivity contribution in [1.82, 2.24) is 10.2 Å². The van der Waals surface area contributed by atoms with Gasteiger partial charge in [-0.15, -0.1) is 0 Å². The monoisotopic (exact) mass is 320 g/mol. The number of urea groups is 1. The van der Waals surface area contributed by atoms with Crippen LogP contribution in [0.3, 0.4) is 0 Å². The molecule has 1 heterocycles. The predicted molar refractivity (Wildman–Crippen MR) is 82.4 cm³/mol. The van der Waals surface area contributed by atoms with E-state index in [4.69, 9.17) is 0 Å². The van der Waals surface area contributed by atoms with E-state index in [1.165, 1.54) is 6.07 Å². The van der Waals surface area contributed by atoms with Gasteiger partial charge in [-0.1, -0.05) is 18.6 Å². The largest absolute Gasteiger partial charge is 0.481 e. The van der Waals surface area contributed by atoms with Crippen LogP contribution in [0.1, 0.15) is 30.4 Å². The maximum absolute atomic E-state index is 13.2. The number of carbonyl (C=O) groups is 2. The first-order chi connectivity index (χ1) is 10.9. The van der Waals surface area contributed by atoms with Gasteiger partial charge >= 0.3 is 12.0 Å². The molecule has 0 aromatic heterocycles. The molecule has 124 valence electrons. The van der Waals surface area contributed by atoms with Crippen molar-refractivity contribution in [3.8, 4) is 0 Å². The lowest BCUT2D eigenvalue weighted by Crippen LogP contribution is -2.41. The molecule has 2 aliphatic rings. The van der Waals surface area contributed by atoms with Crippen LogP contribution in [0.4, 0.5) is 9.18 Å². The number of likely N-dealkylation sites (tertiary alicyclic amines) is 1. The van der Waals surface area contributed by atoms with Crippen molar-refractivity contribution in [2.24, 2.45) is 11.3 Å². The number of halogens is 1. The third-order valence-corrected chi connectivity index (χ3v) is 5.25. The van der Waals surface area contributed by atoms with Crippen LogP contribution in [-0.4, -0.2) is 35.1 Å². The van der Waals surface area contributed by atoms with Gasteiger partial charge in [-0.3, -0.25) is 4.79 Å². The molecule has 0 spiro atoms. The van der Waals surface area contributed by atoms with Crippen molar-refractivity contribution in [1.29, 1.82) is 0 Å². The number of amides is 2. The molecule has 1 aliphatic carbocycles. The summed E-state index contributed by atoms with van der Waals surface area (Å²) in [4.78, 5) is 25.5. The van der Waals surface area contributed by atoms with Gasteiger partial charge in [-0.25, -0.2) is 9.18 Å². The molecule has 2 fully saturated rings. The SMILES string of the molecule is Cc1cc(CNC(=O)N2C[C@@H]3CCC[C@@]3(C(=O)O)C2)ccc1F. The van der Waals surface area contributed by atoms with Gasteiger partial charge in [0, 0.05) is 19.6 Å². The maximum atomic E-state index is 13.2. The van der Waals surface area contributed by atoms with Crippen LogP contribution < -0.4 is 5.32 Å². The van der Waals surface area contributed by atoms with Gasteiger partial charge < -0.3 is 15.3 Å². The molecule has 1 aliphatic heterocycles. The van der Waals surface area contributed by atoms with Crippen LogP contribution in [-0.2, 0) is 11.3 Å². The zero-order chi connectivity index (χ0) is 16.6. The summed E-state index contributed by atoms with van der Waals surface area (Å²) in [6, 6.07) is 4.48. The normalized spacial score (nSPS) is 26.2. The van der Waals surface area contributed by atoms with Crippen LogP contribution in [0.25, 0.3) is 0 Å². The first kappa shape index (κ1) is 15.8. The summed E-state index contributed by atoms with van der Waals surface area (Å²) in [5.41, 5.74) is 0.603. The Morgan fingerprint density at radius 1 is 1.48 bits per heavy atom. The van der Waals surface area contributed by atoms with E-state index in [1.54, 1.807) is 24.0 Å². The second-order valence-electron chi connectivity index (χ2n) is 6.67. The molecule has 1 saturated heterocycles. The maximum Gasteiger partial charge on any atom is 0.317 e. The predicted octanol–water partition coefficient (Wildman–Crippen LogP) is 2.53. The van der Waals surface area contributed by atoms with Crippen LogP contribution in [0.15, 0.2) is 18.2 Å². The number of carbonyl (C=O) groups excluding carboxylic acids is 1. The van der Waals surface area contributed by atoms with E-state index < -0.39 is 11.4 Å². The summed E-state index contributed by atoms with van der Waals surface area (Å²) in [5.74, 6) is -1.00. The number of aliphatic carboxylic acids is 1. The van der Waals surface area contributed by atoms with Gasteiger partial charge in [0.25, 0.3) is 0 Å². The van der Waals surface area contributed by atoms with E-state index in [2.05, 4.69) is 5.32 Å². The fraction of sp³-hybridized carbons (Fsp3) is 0.529. The van der Waals surface area contributed by atoms with E-state index >= 15 is 0 Å². The Labute approximate surface area is 134 Å². The number of carboxylic acid groups (broad SMARTS) is 1. The number of nitrogens with zero attached hydrogens (tertiary/aromatic N) is 1. The molecule has 2 N–H and O–H groups in total. The lowest BCUT2D eigenvalue weighted by Gasteiger charge is -2.23. The minimum atomic E-state index is -0.788. The topological polar surface area (TPSA) is 69.6 Å². The molecule has 0 unspecified atom stereocenters. The van der Waals surface area contributed by atoms with Gasteiger partial charge in [0.1, 0.15) is 5.82 Å². The molecule has 0 radical (unpaired) electrons. The molecular weight excluding hydrogens is 299 g/mol.